The van der Waals surface area contributed by atoms with Crippen molar-refractivity contribution in [2.75, 3.05) is 31.1 Å². The van der Waals surface area contributed by atoms with Crippen LogP contribution < -0.4 is 10.2 Å². The highest BCUT2D eigenvalue weighted by Crippen LogP contribution is 2.40. The van der Waals surface area contributed by atoms with E-state index in [9.17, 15) is 9.59 Å². The highest BCUT2D eigenvalue weighted by Gasteiger charge is 2.41. The standard InChI is InChI=1S/C26H28ClN3O2S/c27-20-7-9-21(10-8-20)29-12-14-30(15-13-29)26(32)19-6-11-23-22(17-19)28-25(31)24(33-23)16-18-4-2-1-3-5-18/h1-5,7-10,16,19,22-23H,6,11-15,17H2,(H,28,31)/b24-16-. The van der Waals surface area contributed by atoms with Crippen LogP contribution in [0.5, 0.6) is 0 Å². The van der Waals surface area contributed by atoms with Gasteiger partial charge in [0.05, 0.1) is 4.91 Å². The average Bonchev–Trinajstić information content (AvgIpc) is 2.85. The summed E-state index contributed by atoms with van der Waals surface area (Å²) >= 11 is 7.68. The third kappa shape index (κ3) is 5.07. The van der Waals surface area contributed by atoms with Crippen LogP contribution in [0.25, 0.3) is 6.08 Å². The number of rotatable bonds is 3. The summed E-state index contributed by atoms with van der Waals surface area (Å²) in [6.07, 6.45) is 4.54. The van der Waals surface area contributed by atoms with Gasteiger partial charge in [-0.2, -0.15) is 0 Å². The van der Waals surface area contributed by atoms with E-state index in [1.54, 1.807) is 11.8 Å². The molecule has 3 fully saturated rings. The summed E-state index contributed by atoms with van der Waals surface area (Å²) in [7, 11) is 0. The van der Waals surface area contributed by atoms with Gasteiger partial charge in [-0.1, -0.05) is 41.9 Å². The van der Waals surface area contributed by atoms with Gasteiger partial charge in [0, 0.05) is 54.1 Å². The number of thioether (sulfide) groups is 1. The number of nitrogens with one attached hydrogen (secondary N) is 1. The fraction of sp³-hybridized carbons (Fsp3) is 0.385. The number of hydrogen-bond acceptors (Lipinski definition) is 4. The van der Waals surface area contributed by atoms with Gasteiger partial charge in [0.2, 0.25) is 5.91 Å². The maximum atomic E-state index is 13.3. The van der Waals surface area contributed by atoms with Gasteiger partial charge in [-0.05, 0) is 55.2 Å². The van der Waals surface area contributed by atoms with Crippen molar-refractivity contribution >= 4 is 46.9 Å². The minimum absolute atomic E-state index is 0.00566. The number of nitrogens with zero attached hydrogens (tertiary/aromatic N) is 2. The van der Waals surface area contributed by atoms with Crippen LogP contribution in [0, 0.1) is 5.92 Å². The van der Waals surface area contributed by atoms with Crippen molar-refractivity contribution in [2.45, 2.75) is 30.6 Å². The molecule has 172 valence electrons. The second kappa shape index (κ2) is 9.82. The number of hydrogen-bond donors (Lipinski definition) is 1. The number of piperazine rings is 1. The topological polar surface area (TPSA) is 52.7 Å². The second-order valence-electron chi connectivity index (χ2n) is 8.95. The number of carbonyl (C=O) groups is 2. The van der Waals surface area contributed by atoms with Gasteiger partial charge in [-0.25, -0.2) is 0 Å². The molecule has 2 aliphatic heterocycles. The molecular formula is C26H28ClN3O2S. The van der Waals surface area contributed by atoms with Gasteiger partial charge in [-0.15, -0.1) is 11.8 Å². The Morgan fingerprint density at radius 1 is 1.00 bits per heavy atom. The number of halogens is 1. The lowest BCUT2D eigenvalue weighted by atomic mass is 9.84. The Labute approximate surface area is 204 Å². The van der Waals surface area contributed by atoms with E-state index in [2.05, 4.69) is 10.2 Å². The lowest BCUT2D eigenvalue weighted by Gasteiger charge is -2.42. The molecule has 2 aromatic rings. The predicted molar refractivity (Wildman–Crippen MR) is 135 cm³/mol. The summed E-state index contributed by atoms with van der Waals surface area (Å²) in [6, 6.07) is 17.9. The quantitative estimate of drug-likeness (QED) is 0.659. The number of carbonyl (C=O) groups excluding carboxylic acids is 2. The summed E-state index contributed by atoms with van der Waals surface area (Å²) < 4.78 is 0. The second-order valence-corrected chi connectivity index (χ2v) is 10.7. The van der Waals surface area contributed by atoms with E-state index in [1.807, 2.05) is 65.6 Å². The summed E-state index contributed by atoms with van der Waals surface area (Å²) in [6.45, 7) is 3.12. The van der Waals surface area contributed by atoms with Crippen LogP contribution in [0.3, 0.4) is 0 Å². The van der Waals surface area contributed by atoms with Crippen LogP contribution in [0.15, 0.2) is 59.5 Å². The Hall–Kier alpha value is -2.44. The fourth-order valence-electron chi connectivity index (χ4n) is 5.01. The molecule has 1 saturated carbocycles. The maximum absolute atomic E-state index is 13.3. The molecular weight excluding hydrogens is 454 g/mol. The molecule has 2 saturated heterocycles. The molecule has 2 aromatic carbocycles. The Morgan fingerprint density at radius 3 is 2.45 bits per heavy atom. The summed E-state index contributed by atoms with van der Waals surface area (Å²) in [5, 5.41) is 4.26. The molecule has 0 bridgehead atoms. The summed E-state index contributed by atoms with van der Waals surface area (Å²) in [4.78, 5) is 31.1. The molecule has 0 spiro atoms. The molecule has 5 nitrogen and oxygen atoms in total. The molecule has 2 heterocycles. The molecule has 1 N–H and O–H groups in total. The van der Waals surface area contributed by atoms with Crippen LogP contribution in [-0.2, 0) is 9.59 Å². The Balaban J connectivity index is 1.16. The third-order valence-corrected chi connectivity index (χ3v) is 8.51. The number of benzene rings is 2. The minimum Gasteiger partial charge on any atom is -0.368 e. The van der Waals surface area contributed by atoms with E-state index in [4.69, 9.17) is 11.6 Å². The molecule has 3 atom stereocenters. The monoisotopic (exact) mass is 481 g/mol. The van der Waals surface area contributed by atoms with Crippen molar-refractivity contribution in [1.29, 1.82) is 0 Å². The first-order valence-electron chi connectivity index (χ1n) is 11.6. The van der Waals surface area contributed by atoms with Gasteiger partial charge < -0.3 is 15.1 Å². The molecule has 7 heteroatoms. The van der Waals surface area contributed by atoms with Crippen molar-refractivity contribution in [3.8, 4) is 0 Å². The SMILES string of the molecule is O=C1NC2CC(C(=O)N3CCN(c4ccc(Cl)cc4)CC3)CCC2S/C1=C\c1ccccc1. The molecule has 3 aliphatic rings. The van der Waals surface area contributed by atoms with Crippen LogP contribution in [-0.4, -0.2) is 54.2 Å². The lowest BCUT2D eigenvalue weighted by molar-refractivity contribution is -0.137. The highest BCUT2D eigenvalue weighted by atomic mass is 35.5. The van der Waals surface area contributed by atoms with E-state index in [0.717, 1.165) is 66.6 Å². The van der Waals surface area contributed by atoms with Gasteiger partial charge in [-0.3, -0.25) is 9.59 Å². The lowest BCUT2D eigenvalue weighted by Crippen LogP contribution is -2.54. The molecule has 5 rings (SSSR count). The average molecular weight is 482 g/mol. The third-order valence-electron chi connectivity index (χ3n) is 6.84. The fourth-order valence-corrected chi connectivity index (χ4v) is 6.43. The van der Waals surface area contributed by atoms with E-state index in [0.29, 0.717) is 5.25 Å². The Kier molecular flexibility index (Phi) is 6.65. The predicted octanol–water partition coefficient (Wildman–Crippen LogP) is 4.43. The molecule has 3 unspecified atom stereocenters. The Bertz CT molecular complexity index is 1040. The van der Waals surface area contributed by atoms with Gasteiger partial charge in [0.15, 0.2) is 0 Å². The highest BCUT2D eigenvalue weighted by molar-refractivity contribution is 8.04. The molecule has 33 heavy (non-hydrogen) atoms. The van der Waals surface area contributed by atoms with Crippen molar-refractivity contribution in [3.63, 3.8) is 0 Å². The zero-order chi connectivity index (χ0) is 22.8. The van der Waals surface area contributed by atoms with E-state index < -0.39 is 0 Å². The van der Waals surface area contributed by atoms with Gasteiger partial charge in [0.25, 0.3) is 5.91 Å². The summed E-state index contributed by atoms with van der Waals surface area (Å²) in [5.41, 5.74) is 2.18. The van der Waals surface area contributed by atoms with E-state index in [1.165, 1.54) is 0 Å². The van der Waals surface area contributed by atoms with Crippen molar-refractivity contribution in [2.24, 2.45) is 5.92 Å². The first-order chi connectivity index (χ1) is 16.1. The van der Waals surface area contributed by atoms with E-state index >= 15 is 0 Å². The van der Waals surface area contributed by atoms with Crippen LogP contribution in [0.4, 0.5) is 5.69 Å². The smallest absolute Gasteiger partial charge is 0.257 e. The summed E-state index contributed by atoms with van der Waals surface area (Å²) in [5.74, 6) is 0.220. The van der Waals surface area contributed by atoms with Crippen LogP contribution >= 0.6 is 23.4 Å². The molecule has 1 aliphatic carbocycles. The minimum atomic E-state index is -0.0187. The first-order valence-corrected chi connectivity index (χ1v) is 12.9. The zero-order valence-corrected chi connectivity index (χ0v) is 20.0. The molecule has 0 radical (unpaired) electrons. The van der Waals surface area contributed by atoms with Crippen molar-refractivity contribution < 1.29 is 9.59 Å². The van der Waals surface area contributed by atoms with Gasteiger partial charge >= 0.3 is 0 Å². The zero-order valence-electron chi connectivity index (χ0n) is 18.5. The molecule has 0 aromatic heterocycles. The van der Waals surface area contributed by atoms with Crippen LogP contribution in [0.1, 0.15) is 24.8 Å². The molecule has 2 amide bonds. The van der Waals surface area contributed by atoms with Crippen molar-refractivity contribution in [3.05, 3.63) is 70.1 Å². The largest absolute Gasteiger partial charge is 0.368 e. The maximum Gasteiger partial charge on any atom is 0.257 e. The number of amides is 2. The Morgan fingerprint density at radius 2 is 1.73 bits per heavy atom. The van der Waals surface area contributed by atoms with Crippen molar-refractivity contribution in [1.82, 2.24) is 10.2 Å². The first kappa shape index (κ1) is 22.4. The van der Waals surface area contributed by atoms with E-state index in [-0.39, 0.29) is 23.8 Å². The normalized spacial score (nSPS) is 26.6. The number of anilines is 1. The van der Waals surface area contributed by atoms with Crippen LogP contribution in [0.2, 0.25) is 5.02 Å². The van der Waals surface area contributed by atoms with Gasteiger partial charge in [0.1, 0.15) is 0 Å². The number of fused-ring (bicyclic) bond motifs is 1.